The van der Waals surface area contributed by atoms with E-state index >= 15 is 0 Å². The molecule has 4 aromatic carbocycles. The van der Waals surface area contributed by atoms with Crippen molar-refractivity contribution in [2.24, 2.45) is 4.99 Å². The van der Waals surface area contributed by atoms with E-state index in [4.69, 9.17) is 14.7 Å². The molecule has 0 radical (unpaired) electrons. The second-order valence-electron chi connectivity index (χ2n) is 18.1. The van der Waals surface area contributed by atoms with Crippen molar-refractivity contribution < 1.29 is 30.0 Å². The molecule has 0 spiro atoms. The van der Waals surface area contributed by atoms with Crippen molar-refractivity contribution in [3.63, 3.8) is 0 Å². The number of nitrogens with zero attached hydrogens (tertiary/aromatic N) is 3. The molecular weight excluding hydrogens is 878 g/mol. The number of rotatable bonds is 4. The van der Waals surface area contributed by atoms with Crippen LogP contribution in [0.5, 0.6) is 0 Å². The Hall–Kier alpha value is -3.86. The van der Waals surface area contributed by atoms with Crippen molar-refractivity contribution in [3.05, 3.63) is 141 Å². The SMILES string of the molecule is Cc1cc(C)c2c(c1)[C@@]1(C)N=C(c3[c-]c(S(=O)c4[c-]c5c(cc4)C(C)(C)c4ccccc4N5c4cc(C(C)(C)C)ccn4)c(C)cc3C)O[C@@]1(C)C2(C)C.[Pt+2]. The van der Waals surface area contributed by atoms with Gasteiger partial charge in [-0.15, -0.1) is 34.9 Å². The number of aryl methyl sites for hydroxylation is 4. The molecule has 0 amide bonds. The standard InChI is InChI=1S/C48H51N3O2S.Pt/c1-28-22-31(4)42-37(23-28)47(12)48(13,46(42,10)11)53-43(50-47)34-27-40(30(3)24-29(34)2)54(52)33-18-19-36-39(26-33)51(38-17-15-14-16-35(38)45(36,8)9)41-25-32(20-21-49-41)44(5,6)7;/h14-25H,1-13H3;/q-2;+2/t47-,48+,54?;/m1./s1. The fourth-order valence-electron chi connectivity index (χ4n) is 9.46. The molecule has 3 atom stereocenters. The zero-order valence-electron chi connectivity index (χ0n) is 34.3. The minimum absolute atomic E-state index is 0. The zero-order valence-corrected chi connectivity index (χ0v) is 37.4. The summed E-state index contributed by atoms with van der Waals surface area (Å²) in [7, 11) is -1.60. The van der Waals surface area contributed by atoms with Gasteiger partial charge in [-0.3, -0.25) is 9.20 Å². The van der Waals surface area contributed by atoms with Gasteiger partial charge in [-0.25, -0.2) is 4.98 Å². The molecule has 286 valence electrons. The summed E-state index contributed by atoms with van der Waals surface area (Å²) in [5.41, 5.74) is 11.2. The molecule has 5 aromatic rings. The van der Waals surface area contributed by atoms with Crippen molar-refractivity contribution in [2.75, 3.05) is 4.90 Å². The van der Waals surface area contributed by atoms with Crippen LogP contribution in [0, 0.1) is 39.8 Å². The van der Waals surface area contributed by atoms with Crippen LogP contribution in [0.2, 0.25) is 0 Å². The number of aromatic nitrogens is 1. The number of ether oxygens (including phenoxy) is 1. The Morgan fingerprint density at radius 3 is 2.20 bits per heavy atom. The molecule has 0 N–H and O–H groups in total. The van der Waals surface area contributed by atoms with Gasteiger partial charge in [0.05, 0.1) is 0 Å². The summed E-state index contributed by atoms with van der Waals surface area (Å²) in [6.07, 6.45) is 1.89. The number of hydrogen-bond donors (Lipinski definition) is 0. The number of anilines is 3. The minimum Gasteiger partial charge on any atom is -0.510 e. The van der Waals surface area contributed by atoms with Crippen LogP contribution in [0.25, 0.3) is 0 Å². The van der Waals surface area contributed by atoms with Gasteiger partial charge in [-0.1, -0.05) is 114 Å². The molecule has 0 saturated heterocycles. The molecule has 0 saturated carbocycles. The average molecular weight is 929 g/mol. The van der Waals surface area contributed by atoms with Crippen LogP contribution in [-0.2, 0) is 58.4 Å². The van der Waals surface area contributed by atoms with Crippen LogP contribution in [0.15, 0.2) is 87.7 Å². The fourth-order valence-corrected chi connectivity index (χ4v) is 10.6. The third-order valence-electron chi connectivity index (χ3n) is 12.9. The minimum atomic E-state index is -1.60. The number of fused-ring (bicyclic) bond motifs is 5. The van der Waals surface area contributed by atoms with Crippen molar-refractivity contribution in [2.45, 2.75) is 127 Å². The van der Waals surface area contributed by atoms with Gasteiger partial charge >= 0.3 is 21.1 Å². The molecule has 1 aliphatic carbocycles. The van der Waals surface area contributed by atoms with Gasteiger partial charge in [-0.2, -0.15) is 12.1 Å². The summed E-state index contributed by atoms with van der Waals surface area (Å²) in [5, 5.41) is 0. The third-order valence-corrected chi connectivity index (χ3v) is 14.3. The summed E-state index contributed by atoms with van der Waals surface area (Å²) in [4.78, 5) is 13.7. The number of pyridine rings is 1. The summed E-state index contributed by atoms with van der Waals surface area (Å²) < 4.78 is 21.9. The molecule has 5 nitrogen and oxygen atoms in total. The summed E-state index contributed by atoms with van der Waals surface area (Å²) in [5.74, 6) is 1.36. The molecule has 0 bridgehead atoms. The second-order valence-corrected chi connectivity index (χ2v) is 19.5. The van der Waals surface area contributed by atoms with E-state index in [0.717, 1.165) is 39.4 Å². The molecule has 55 heavy (non-hydrogen) atoms. The smallest absolute Gasteiger partial charge is 0.510 e. The monoisotopic (exact) mass is 928 g/mol. The number of hydrogen-bond acceptors (Lipinski definition) is 5. The van der Waals surface area contributed by atoms with Gasteiger partial charge in [0.1, 0.15) is 22.9 Å². The van der Waals surface area contributed by atoms with Gasteiger partial charge in [-0.05, 0) is 89.4 Å². The van der Waals surface area contributed by atoms with Crippen LogP contribution < -0.4 is 4.90 Å². The number of para-hydroxylation sites is 1. The Bertz CT molecular complexity index is 2480. The average Bonchev–Trinajstić information content (AvgIpc) is 3.45. The first-order valence-electron chi connectivity index (χ1n) is 19.0. The van der Waals surface area contributed by atoms with Crippen molar-refractivity contribution in [3.8, 4) is 0 Å². The fraction of sp³-hybridized carbons (Fsp3) is 0.375. The van der Waals surface area contributed by atoms with Gasteiger partial charge in [0.2, 0.25) is 0 Å². The van der Waals surface area contributed by atoms with E-state index in [-0.39, 0.29) is 37.3 Å². The van der Waals surface area contributed by atoms with E-state index in [1.807, 2.05) is 19.2 Å². The zero-order chi connectivity index (χ0) is 38.9. The summed E-state index contributed by atoms with van der Waals surface area (Å²) in [6, 6.07) is 30.7. The van der Waals surface area contributed by atoms with E-state index in [1.165, 1.54) is 33.4 Å². The van der Waals surface area contributed by atoms with Crippen LogP contribution >= 0.6 is 0 Å². The third kappa shape index (κ3) is 5.59. The molecule has 3 heterocycles. The molecular formula is C48H51N3O2PtS. The quantitative estimate of drug-likeness (QED) is 0.169. The van der Waals surface area contributed by atoms with Gasteiger partial charge in [0.15, 0.2) is 0 Å². The maximum atomic E-state index is 14.9. The maximum Gasteiger partial charge on any atom is 2.00 e. The second kappa shape index (κ2) is 12.8. The predicted molar refractivity (Wildman–Crippen MR) is 220 cm³/mol. The molecule has 8 rings (SSSR count). The van der Waals surface area contributed by atoms with E-state index in [1.54, 1.807) is 0 Å². The van der Waals surface area contributed by atoms with Crippen molar-refractivity contribution in [1.29, 1.82) is 0 Å². The predicted octanol–water partition coefficient (Wildman–Crippen LogP) is 11.2. The van der Waals surface area contributed by atoms with Gasteiger partial charge in [0.25, 0.3) is 0 Å². The Balaban J connectivity index is 0.00000465. The summed E-state index contributed by atoms with van der Waals surface area (Å²) >= 11 is 0. The number of benzene rings is 4. The molecule has 2 aliphatic heterocycles. The van der Waals surface area contributed by atoms with Gasteiger partial charge in [0, 0.05) is 28.1 Å². The van der Waals surface area contributed by atoms with Crippen LogP contribution in [0.4, 0.5) is 17.2 Å². The van der Waals surface area contributed by atoms with Crippen molar-refractivity contribution in [1.82, 2.24) is 4.98 Å². The molecule has 7 heteroatoms. The van der Waals surface area contributed by atoms with Gasteiger partial charge < -0.3 is 9.64 Å². The number of aliphatic imine (C=N–C) groups is 1. The summed E-state index contributed by atoms with van der Waals surface area (Å²) in [6.45, 7) is 28.5. The van der Waals surface area contributed by atoms with E-state index < -0.39 is 21.9 Å². The first-order valence-corrected chi connectivity index (χ1v) is 20.2. The molecule has 1 unspecified atom stereocenters. The first kappa shape index (κ1) is 39.4. The Kier molecular flexibility index (Phi) is 9.19. The Morgan fingerprint density at radius 2 is 1.49 bits per heavy atom. The molecule has 3 aliphatic rings. The van der Waals surface area contributed by atoms with Crippen LogP contribution in [-0.4, -0.2) is 20.7 Å². The van der Waals surface area contributed by atoms with Crippen LogP contribution in [0.1, 0.15) is 118 Å². The Labute approximate surface area is 344 Å². The van der Waals surface area contributed by atoms with E-state index in [2.05, 4.69) is 161 Å². The van der Waals surface area contributed by atoms with Crippen LogP contribution in [0.3, 0.4) is 0 Å². The van der Waals surface area contributed by atoms with E-state index in [9.17, 15) is 4.21 Å². The van der Waals surface area contributed by atoms with E-state index in [0.29, 0.717) is 15.7 Å². The normalized spacial score (nSPS) is 22.1. The van der Waals surface area contributed by atoms with Crippen molar-refractivity contribution >= 4 is 33.9 Å². The maximum absolute atomic E-state index is 14.9. The largest absolute Gasteiger partial charge is 2.00 e. The molecule has 0 fully saturated rings. The first-order chi connectivity index (χ1) is 25.2. The molecule has 1 aromatic heterocycles. The topological polar surface area (TPSA) is 54.8 Å². The Morgan fingerprint density at radius 1 is 0.782 bits per heavy atom.